The monoisotopic (exact) mass is 211 g/mol. The first-order chi connectivity index (χ1) is 7.04. The molecule has 0 spiro atoms. The molecule has 4 nitrogen and oxygen atoms in total. The molecule has 0 fully saturated rings. The molecule has 0 bridgehead atoms. The van der Waals surface area contributed by atoms with Gasteiger partial charge in [0, 0.05) is 12.1 Å². The summed E-state index contributed by atoms with van der Waals surface area (Å²) in [7, 11) is 0. The van der Waals surface area contributed by atoms with Crippen LogP contribution in [0.5, 0.6) is 0 Å². The number of carboxylic acids is 1. The molecular formula is C11H17NO3. The Labute approximate surface area is 89.3 Å². The Bertz CT molecular complexity index is 330. The summed E-state index contributed by atoms with van der Waals surface area (Å²) < 4.78 is 5.12. The van der Waals surface area contributed by atoms with Crippen molar-refractivity contribution in [2.24, 2.45) is 5.92 Å². The number of hydrogen-bond donors (Lipinski definition) is 2. The van der Waals surface area contributed by atoms with Crippen molar-refractivity contribution in [2.75, 3.05) is 5.32 Å². The van der Waals surface area contributed by atoms with E-state index < -0.39 is 5.97 Å². The number of aromatic carboxylic acids is 1. The summed E-state index contributed by atoms with van der Waals surface area (Å²) in [6.07, 6.45) is 0.973. The molecule has 0 aliphatic rings. The van der Waals surface area contributed by atoms with Crippen molar-refractivity contribution in [1.29, 1.82) is 0 Å². The van der Waals surface area contributed by atoms with Crippen LogP contribution < -0.4 is 5.32 Å². The Morgan fingerprint density at radius 3 is 2.60 bits per heavy atom. The van der Waals surface area contributed by atoms with Gasteiger partial charge >= 0.3 is 5.97 Å². The van der Waals surface area contributed by atoms with E-state index in [4.69, 9.17) is 9.52 Å². The highest BCUT2D eigenvalue weighted by Crippen LogP contribution is 2.18. The number of carbonyl (C=O) groups is 1. The highest BCUT2D eigenvalue weighted by molar-refractivity contribution is 5.84. The first-order valence-corrected chi connectivity index (χ1v) is 5.14. The standard InChI is InChI=1S/C11H17NO3/c1-4-8(7(2)3)12-10-6-5-9(15-10)11(13)14/h5-8,12H,4H2,1-3H3,(H,13,14). The molecule has 1 unspecified atom stereocenters. The Morgan fingerprint density at radius 1 is 1.53 bits per heavy atom. The molecule has 4 heteroatoms. The zero-order chi connectivity index (χ0) is 11.4. The van der Waals surface area contributed by atoms with Gasteiger partial charge < -0.3 is 14.8 Å². The molecule has 0 aliphatic carbocycles. The quantitative estimate of drug-likeness (QED) is 0.786. The molecule has 2 N–H and O–H groups in total. The second-order valence-electron chi connectivity index (χ2n) is 3.87. The van der Waals surface area contributed by atoms with E-state index in [2.05, 4.69) is 26.1 Å². The van der Waals surface area contributed by atoms with E-state index in [9.17, 15) is 4.79 Å². The molecule has 1 rings (SSSR count). The smallest absolute Gasteiger partial charge is 0.371 e. The van der Waals surface area contributed by atoms with Gasteiger partial charge in [-0.1, -0.05) is 20.8 Å². The third-order valence-electron chi connectivity index (χ3n) is 2.39. The first kappa shape index (κ1) is 11.6. The fourth-order valence-electron chi connectivity index (χ4n) is 1.45. The second kappa shape index (κ2) is 4.87. The van der Waals surface area contributed by atoms with Crippen molar-refractivity contribution in [2.45, 2.75) is 33.2 Å². The van der Waals surface area contributed by atoms with E-state index in [0.717, 1.165) is 6.42 Å². The van der Waals surface area contributed by atoms with Gasteiger partial charge in [0.25, 0.3) is 0 Å². The van der Waals surface area contributed by atoms with Gasteiger partial charge in [0.05, 0.1) is 0 Å². The Kier molecular flexibility index (Phi) is 3.77. The average Bonchev–Trinajstić information content (AvgIpc) is 2.61. The van der Waals surface area contributed by atoms with Crippen LogP contribution in [0.3, 0.4) is 0 Å². The largest absolute Gasteiger partial charge is 0.475 e. The van der Waals surface area contributed by atoms with Crippen LogP contribution in [0.2, 0.25) is 0 Å². The maximum atomic E-state index is 10.6. The molecule has 84 valence electrons. The number of nitrogens with one attached hydrogen (secondary N) is 1. The zero-order valence-electron chi connectivity index (χ0n) is 9.28. The summed E-state index contributed by atoms with van der Waals surface area (Å²) in [4.78, 5) is 10.6. The van der Waals surface area contributed by atoms with Gasteiger partial charge in [-0.05, 0) is 18.4 Å². The van der Waals surface area contributed by atoms with E-state index >= 15 is 0 Å². The van der Waals surface area contributed by atoms with E-state index in [1.54, 1.807) is 6.07 Å². The lowest BCUT2D eigenvalue weighted by Crippen LogP contribution is -2.24. The van der Waals surface area contributed by atoms with Crippen molar-refractivity contribution in [3.8, 4) is 0 Å². The molecule has 15 heavy (non-hydrogen) atoms. The Balaban J connectivity index is 2.67. The van der Waals surface area contributed by atoms with Crippen LogP contribution in [0, 0.1) is 5.92 Å². The molecule has 1 heterocycles. The summed E-state index contributed by atoms with van der Waals surface area (Å²) >= 11 is 0. The minimum atomic E-state index is -1.04. The maximum Gasteiger partial charge on any atom is 0.371 e. The van der Waals surface area contributed by atoms with Crippen molar-refractivity contribution in [3.63, 3.8) is 0 Å². The normalized spacial score (nSPS) is 12.8. The second-order valence-corrected chi connectivity index (χ2v) is 3.87. The van der Waals surface area contributed by atoms with E-state index in [0.29, 0.717) is 17.8 Å². The first-order valence-electron chi connectivity index (χ1n) is 5.14. The summed E-state index contributed by atoms with van der Waals surface area (Å²) in [5, 5.41) is 11.9. The summed E-state index contributed by atoms with van der Waals surface area (Å²) in [5.41, 5.74) is 0. The van der Waals surface area contributed by atoms with E-state index in [-0.39, 0.29) is 5.76 Å². The van der Waals surface area contributed by atoms with Crippen LogP contribution in [0.15, 0.2) is 16.5 Å². The van der Waals surface area contributed by atoms with Gasteiger partial charge in [-0.2, -0.15) is 0 Å². The Hall–Kier alpha value is -1.45. The molecular weight excluding hydrogens is 194 g/mol. The van der Waals surface area contributed by atoms with Gasteiger partial charge in [-0.3, -0.25) is 0 Å². The van der Waals surface area contributed by atoms with Crippen molar-refractivity contribution in [1.82, 2.24) is 0 Å². The topological polar surface area (TPSA) is 62.5 Å². The lowest BCUT2D eigenvalue weighted by molar-refractivity contribution is 0.0663. The average molecular weight is 211 g/mol. The van der Waals surface area contributed by atoms with Crippen LogP contribution in [-0.2, 0) is 0 Å². The molecule has 0 radical (unpaired) electrons. The molecule has 0 aromatic carbocycles. The lowest BCUT2D eigenvalue weighted by Gasteiger charge is -2.19. The number of anilines is 1. The van der Waals surface area contributed by atoms with Crippen molar-refractivity contribution in [3.05, 3.63) is 17.9 Å². The van der Waals surface area contributed by atoms with Crippen LogP contribution in [-0.4, -0.2) is 17.1 Å². The lowest BCUT2D eigenvalue weighted by atomic mass is 10.0. The van der Waals surface area contributed by atoms with Gasteiger partial charge in [0.15, 0.2) is 5.88 Å². The summed E-state index contributed by atoms with van der Waals surface area (Å²) in [5.74, 6) is -0.0712. The van der Waals surface area contributed by atoms with Gasteiger partial charge in [-0.15, -0.1) is 0 Å². The molecule has 0 aliphatic heterocycles. The number of furan rings is 1. The van der Waals surface area contributed by atoms with Crippen molar-refractivity contribution >= 4 is 11.9 Å². The number of carboxylic acid groups (broad SMARTS) is 1. The van der Waals surface area contributed by atoms with Gasteiger partial charge in [0.1, 0.15) is 0 Å². The molecule has 0 saturated heterocycles. The fraction of sp³-hybridized carbons (Fsp3) is 0.545. The third kappa shape index (κ3) is 3.01. The van der Waals surface area contributed by atoms with Crippen LogP contribution in [0.25, 0.3) is 0 Å². The number of rotatable bonds is 5. The van der Waals surface area contributed by atoms with Crippen molar-refractivity contribution < 1.29 is 14.3 Å². The molecule has 0 saturated carbocycles. The molecule has 1 atom stereocenters. The summed E-state index contributed by atoms with van der Waals surface area (Å²) in [6, 6.07) is 3.41. The third-order valence-corrected chi connectivity index (χ3v) is 2.39. The Morgan fingerprint density at radius 2 is 2.20 bits per heavy atom. The highest BCUT2D eigenvalue weighted by atomic mass is 16.4. The minimum absolute atomic E-state index is 0.0314. The SMILES string of the molecule is CCC(Nc1ccc(C(=O)O)o1)C(C)C. The minimum Gasteiger partial charge on any atom is -0.475 e. The summed E-state index contributed by atoms with van der Waals surface area (Å²) in [6.45, 7) is 6.31. The van der Waals surface area contributed by atoms with Gasteiger partial charge in [-0.25, -0.2) is 4.79 Å². The fourth-order valence-corrected chi connectivity index (χ4v) is 1.45. The predicted molar refractivity (Wildman–Crippen MR) is 58.2 cm³/mol. The maximum absolute atomic E-state index is 10.6. The van der Waals surface area contributed by atoms with Crippen LogP contribution in [0.4, 0.5) is 5.88 Å². The van der Waals surface area contributed by atoms with E-state index in [1.165, 1.54) is 6.07 Å². The van der Waals surface area contributed by atoms with Crippen LogP contribution in [0.1, 0.15) is 37.7 Å². The molecule has 1 aromatic rings. The highest BCUT2D eigenvalue weighted by Gasteiger charge is 2.14. The van der Waals surface area contributed by atoms with Gasteiger partial charge in [0.2, 0.25) is 5.76 Å². The zero-order valence-corrected chi connectivity index (χ0v) is 9.28. The van der Waals surface area contributed by atoms with Crippen LogP contribution >= 0.6 is 0 Å². The number of hydrogen-bond acceptors (Lipinski definition) is 3. The van der Waals surface area contributed by atoms with E-state index in [1.807, 2.05) is 0 Å². The molecule has 1 aromatic heterocycles. The predicted octanol–water partition coefficient (Wildman–Crippen LogP) is 2.82. The molecule has 0 amide bonds.